The molecule has 0 aromatic rings. The number of Topliss-reactive ketones (excluding diaryl/α,β-unsaturated/α-hetero) is 1. The Kier molecular flexibility index (Phi) is 5.17. The van der Waals surface area contributed by atoms with Crippen molar-refractivity contribution in [2.75, 3.05) is 13.7 Å². The van der Waals surface area contributed by atoms with Gasteiger partial charge in [0.2, 0.25) is 0 Å². The summed E-state index contributed by atoms with van der Waals surface area (Å²) in [4.78, 5) is 13.1. The molecule has 0 radical (unpaired) electrons. The zero-order valence-electron chi connectivity index (χ0n) is 16.7. The molecule has 4 heteroatoms. The highest BCUT2D eigenvalue weighted by atomic mass is 16.5. The van der Waals surface area contributed by atoms with Crippen LogP contribution < -0.4 is 0 Å². The van der Waals surface area contributed by atoms with Gasteiger partial charge in [-0.3, -0.25) is 4.79 Å². The van der Waals surface area contributed by atoms with Crippen LogP contribution in [0.2, 0.25) is 0 Å². The van der Waals surface area contributed by atoms with Gasteiger partial charge in [-0.05, 0) is 30.3 Å². The molecule has 0 aromatic carbocycles. The van der Waals surface area contributed by atoms with Crippen molar-refractivity contribution < 1.29 is 18.8 Å². The molecule has 24 heavy (non-hydrogen) atoms. The topological polar surface area (TPSA) is 38.5 Å². The largest absolute Gasteiger partial charge is 0.485 e. The lowest BCUT2D eigenvalue weighted by molar-refractivity contribution is -0.542. The summed E-state index contributed by atoms with van der Waals surface area (Å²) in [5.74, 6) is 0.876. The molecule has 4 nitrogen and oxygen atoms in total. The summed E-state index contributed by atoms with van der Waals surface area (Å²) in [7, 11) is 1.95. The summed E-state index contributed by atoms with van der Waals surface area (Å²) in [6.07, 6.45) is 2.81. The Hall–Kier alpha value is -1.32. The van der Waals surface area contributed by atoms with Gasteiger partial charge in [0.15, 0.2) is 18.4 Å². The van der Waals surface area contributed by atoms with Gasteiger partial charge >= 0.3 is 11.7 Å². The van der Waals surface area contributed by atoms with Crippen molar-refractivity contribution in [3.05, 3.63) is 11.3 Å². The van der Waals surface area contributed by atoms with Crippen molar-refractivity contribution in [1.29, 1.82) is 0 Å². The van der Waals surface area contributed by atoms with E-state index in [0.29, 0.717) is 18.3 Å². The number of allylic oxidation sites excluding steroid dienone is 1. The van der Waals surface area contributed by atoms with E-state index in [2.05, 4.69) is 48.5 Å². The number of ketones is 1. The molecule has 0 N–H and O–H groups in total. The standard InChI is InChI=1S/C20H34NO3/c1-9-13-10-11-15(20(5,6)7)24-17(13)16(22)18-21(8)14(12-23-18)19(2,3)4/h14-15H,9-12H2,1-8H3/q+1. The molecule has 0 spiro atoms. The number of likely N-dealkylation sites (N-methyl/N-ethyl adjacent to an activating group) is 1. The Balaban J connectivity index is 2.33. The number of rotatable bonds is 3. The second-order valence-corrected chi connectivity index (χ2v) is 9.24. The van der Waals surface area contributed by atoms with Gasteiger partial charge in [0, 0.05) is 5.41 Å². The Bertz CT molecular complexity index is 573. The third kappa shape index (κ3) is 3.68. The van der Waals surface area contributed by atoms with E-state index < -0.39 is 0 Å². The van der Waals surface area contributed by atoms with Gasteiger partial charge in [0.1, 0.15) is 13.2 Å². The molecule has 0 aliphatic carbocycles. The maximum atomic E-state index is 13.1. The van der Waals surface area contributed by atoms with Crippen LogP contribution >= 0.6 is 0 Å². The Labute approximate surface area is 146 Å². The lowest BCUT2D eigenvalue weighted by Gasteiger charge is -2.35. The van der Waals surface area contributed by atoms with Crippen LogP contribution in [-0.4, -0.2) is 42.1 Å². The monoisotopic (exact) mass is 336 g/mol. The van der Waals surface area contributed by atoms with Gasteiger partial charge in [0.05, 0.1) is 0 Å². The molecule has 2 atom stereocenters. The van der Waals surface area contributed by atoms with E-state index in [0.717, 1.165) is 24.8 Å². The summed E-state index contributed by atoms with van der Waals surface area (Å²) < 4.78 is 14.0. The van der Waals surface area contributed by atoms with Crippen LogP contribution in [0, 0.1) is 10.8 Å². The van der Waals surface area contributed by atoms with Crippen molar-refractivity contribution >= 4 is 11.7 Å². The van der Waals surface area contributed by atoms with E-state index in [1.54, 1.807) is 0 Å². The summed E-state index contributed by atoms with van der Waals surface area (Å²) in [5.41, 5.74) is 1.19. The number of hydrogen-bond acceptors (Lipinski definition) is 3. The first-order chi connectivity index (χ1) is 11.0. The Morgan fingerprint density at radius 3 is 2.25 bits per heavy atom. The van der Waals surface area contributed by atoms with Crippen LogP contribution in [-0.2, 0) is 14.3 Å². The minimum atomic E-state index is -0.0879. The van der Waals surface area contributed by atoms with Crippen molar-refractivity contribution in [2.24, 2.45) is 10.8 Å². The lowest BCUT2D eigenvalue weighted by Crippen LogP contribution is -2.38. The van der Waals surface area contributed by atoms with Gasteiger partial charge < -0.3 is 9.47 Å². The number of ether oxygens (including phenoxy) is 2. The van der Waals surface area contributed by atoms with E-state index >= 15 is 0 Å². The highest BCUT2D eigenvalue weighted by Gasteiger charge is 2.46. The summed E-state index contributed by atoms with van der Waals surface area (Å²) in [6.45, 7) is 15.7. The number of carbonyl (C=O) groups is 1. The van der Waals surface area contributed by atoms with Crippen LogP contribution in [0.5, 0.6) is 0 Å². The predicted molar refractivity (Wildman–Crippen MR) is 96.3 cm³/mol. The molecule has 2 unspecified atom stereocenters. The normalized spacial score (nSPS) is 25.7. The van der Waals surface area contributed by atoms with Gasteiger partial charge in [-0.25, -0.2) is 0 Å². The third-order valence-corrected chi connectivity index (χ3v) is 5.25. The third-order valence-electron chi connectivity index (χ3n) is 5.25. The van der Waals surface area contributed by atoms with E-state index in [1.165, 1.54) is 0 Å². The molecule has 0 bridgehead atoms. The summed E-state index contributed by atoms with van der Waals surface area (Å²) in [5, 5.41) is 0. The summed E-state index contributed by atoms with van der Waals surface area (Å²) in [6, 6.07) is 0.198. The fraction of sp³-hybridized carbons (Fsp3) is 0.800. The van der Waals surface area contributed by atoms with Crippen LogP contribution in [0.25, 0.3) is 0 Å². The zero-order valence-corrected chi connectivity index (χ0v) is 16.7. The fourth-order valence-electron chi connectivity index (χ4n) is 3.53. The minimum absolute atomic E-state index is 0.0197. The molecular formula is C20H34NO3+. The van der Waals surface area contributed by atoms with Crippen LogP contribution in [0.3, 0.4) is 0 Å². The van der Waals surface area contributed by atoms with Crippen LogP contribution in [0.1, 0.15) is 67.7 Å². The first kappa shape index (κ1) is 19.0. The SMILES string of the molecule is CCC1=C(C(=O)C2=[N+](C)C(C(C)(C)C)CO2)OC(C(C)(C)C)CC1. The van der Waals surface area contributed by atoms with Gasteiger partial charge in [-0.2, -0.15) is 4.58 Å². The summed E-state index contributed by atoms with van der Waals surface area (Å²) >= 11 is 0. The molecule has 136 valence electrons. The van der Waals surface area contributed by atoms with E-state index in [-0.39, 0.29) is 28.8 Å². The molecule has 2 heterocycles. The van der Waals surface area contributed by atoms with Crippen LogP contribution in [0.4, 0.5) is 0 Å². The quantitative estimate of drug-likeness (QED) is 0.733. The second kappa shape index (κ2) is 6.53. The molecule has 2 aliphatic rings. The maximum Gasteiger partial charge on any atom is 0.415 e. The van der Waals surface area contributed by atoms with Crippen molar-refractivity contribution in [2.45, 2.75) is 79.9 Å². The minimum Gasteiger partial charge on any atom is -0.485 e. The van der Waals surface area contributed by atoms with Gasteiger partial charge in [0.25, 0.3) is 0 Å². The molecule has 0 aromatic heterocycles. The number of nitrogens with zero attached hydrogens (tertiary/aromatic N) is 1. The first-order valence-corrected chi connectivity index (χ1v) is 9.12. The Morgan fingerprint density at radius 2 is 1.79 bits per heavy atom. The fourth-order valence-corrected chi connectivity index (χ4v) is 3.53. The Morgan fingerprint density at radius 1 is 1.17 bits per heavy atom. The smallest absolute Gasteiger partial charge is 0.415 e. The van der Waals surface area contributed by atoms with Crippen molar-refractivity contribution in [3.63, 3.8) is 0 Å². The van der Waals surface area contributed by atoms with Crippen molar-refractivity contribution in [3.8, 4) is 0 Å². The lowest BCUT2D eigenvalue weighted by atomic mass is 9.83. The van der Waals surface area contributed by atoms with Crippen LogP contribution in [0.15, 0.2) is 11.3 Å². The highest BCUT2D eigenvalue weighted by molar-refractivity contribution is 6.40. The van der Waals surface area contributed by atoms with Crippen molar-refractivity contribution in [1.82, 2.24) is 0 Å². The molecule has 0 saturated carbocycles. The average molecular weight is 336 g/mol. The molecule has 0 amide bonds. The first-order valence-electron chi connectivity index (χ1n) is 9.12. The molecule has 0 saturated heterocycles. The van der Waals surface area contributed by atoms with E-state index in [4.69, 9.17) is 9.47 Å². The molecular weight excluding hydrogens is 302 g/mol. The highest BCUT2D eigenvalue weighted by Crippen LogP contribution is 2.36. The van der Waals surface area contributed by atoms with Gasteiger partial charge in [-0.1, -0.05) is 48.5 Å². The van der Waals surface area contributed by atoms with E-state index in [1.807, 2.05) is 11.6 Å². The number of carbonyl (C=O) groups excluding carboxylic acids is 1. The molecule has 2 aliphatic heterocycles. The van der Waals surface area contributed by atoms with E-state index in [9.17, 15) is 4.79 Å². The second-order valence-electron chi connectivity index (χ2n) is 9.24. The predicted octanol–water partition coefficient (Wildman–Crippen LogP) is 3.93. The maximum absolute atomic E-state index is 13.1. The zero-order chi connectivity index (χ0) is 18.3. The molecule has 2 rings (SSSR count). The van der Waals surface area contributed by atoms with Gasteiger partial charge in [-0.15, -0.1) is 0 Å². The number of hydrogen-bond donors (Lipinski definition) is 0. The molecule has 0 fully saturated rings. The average Bonchev–Trinajstić information content (AvgIpc) is 2.86.